The summed E-state index contributed by atoms with van der Waals surface area (Å²) in [7, 11) is 0. The van der Waals surface area contributed by atoms with Gasteiger partial charge in [-0.2, -0.15) is 0 Å². The van der Waals surface area contributed by atoms with E-state index in [4.69, 9.17) is 4.74 Å². The molecule has 0 aliphatic heterocycles. The van der Waals surface area contributed by atoms with Crippen molar-refractivity contribution in [2.24, 2.45) is 0 Å². The zero-order valence-corrected chi connectivity index (χ0v) is 10.8. The van der Waals surface area contributed by atoms with E-state index in [1.54, 1.807) is 0 Å². The minimum atomic E-state index is 0.287. The van der Waals surface area contributed by atoms with E-state index in [-0.39, 0.29) is 6.10 Å². The smallest absolute Gasteiger partial charge is 0.120 e. The van der Waals surface area contributed by atoms with Gasteiger partial charge in [-0.05, 0) is 50.5 Å². The highest BCUT2D eigenvalue weighted by molar-refractivity contribution is 9.10. The van der Waals surface area contributed by atoms with E-state index >= 15 is 0 Å². The second-order valence-electron chi connectivity index (χ2n) is 3.71. The summed E-state index contributed by atoms with van der Waals surface area (Å²) in [6.45, 7) is 8.39. The summed E-state index contributed by atoms with van der Waals surface area (Å²) in [4.78, 5) is 0. The van der Waals surface area contributed by atoms with Crippen LogP contribution in [0.1, 0.15) is 31.4 Å². The van der Waals surface area contributed by atoms with Crippen LogP contribution in [0, 0.1) is 13.8 Å². The Morgan fingerprint density at radius 2 is 1.79 bits per heavy atom. The molecule has 1 nitrogen and oxygen atoms in total. The van der Waals surface area contributed by atoms with Crippen LogP contribution in [0.3, 0.4) is 0 Å². The van der Waals surface area contributed by atoms with E-state index in [2.05, 4.69) is 55.8 Å². The summed E-state index contributed by atoms with van der Waals surface area (Å²) in [5.74, 6) is 0.970. The van der Waals surface area contributed by atoms with Crippen LogP contribution in [-0.2, 0) is 0 Å². The molecule has 0 bridgehead atoms. The molecule has 0 aliphatic rings. The number of hydrogen-bond donors (Lipinski definition) is 0. The summed E-state index contributed by atoms with van der Waals surface area (Å²) < 4.78 is 6.93. The maximum absolute atomic E-state index is 5.76. The van der Waals surface area contributed by atoms with Crippen LogP contribution in [-0.4, -0.2) is 6.10 Å². The largest absolute Gasteiger partial charge is 0.491 e. The highest BCUT2D eigenvalue weighted by Crippen LogP contribution is 2.27. The van der Waals surface area contributed by atoms with E-state index in [0.29, 0.717) is 0 Å². The second-order valence-corrected chi connectivity index (χ2v) is 4.50. The third-order valence-electron chi connectivity index (χ3n) is 2.32. The molecular weight excluding hydrogens is 240 g/mol. The molecule has 0 fully saturated rings. The summed E-state index contributed by atoms with van der Waals surface area (Å²) >= 11 is 3.54. The van der Waals surface area contributed by atoms with Gasteiger partial charge in [0, 0.05) is 4.47 Å². The first kappa shape index (κ1) is 11.6. The number of hydrogen-bond acceptors (Lipinski definition) is 1. The zero-order valence-electron chi connectivity index (χ0n) is 9.23. The molecule has 78 valence electrons. The summed E-state index contributed by atoms with van der Waals surface area (Å²) in [5.41, 5.74) is 2.45. The molecule has 0 heterocycles. The second kappa shape index (κ2) is 4.83. The molecule has 1 unspecified atom stereocenters. The maximum atomic E-state index is 5.76. The first-order valence-electron chi connectivity index (χ1n) is 4.98. The molecule has 1 aromatic rings. The Bertz CT molecular complexity index is 297. The number of ether oxygens (including phenoxy) is 1. The lowest BCUT2D eigenvalue weighted by molar-refractivity contribution is 0.217. The molecule has 14 heavy (non-hydrogen) atoms. The van der Waals surface area contributed by atoms with Gasteiger partial charge >= 0.3 is 0 Å². The molecule has 2 heteroatoms. The molecule has 0 saturated carbocycles. The highest BCUT2D eigenvalue weighted by Gasteiger charge is 2.05. The number of aryl methyl sites for hydroxylation is 2. The van der Waals surface area contributed by atoms with Gasteiger partial charge in [0.05, 0.1) is 6.10 Å². The van der Waals surface area contributed by atoms with Crippen molar-refractivity contribution < 1.29 is 4.74 Å². The molecular formula is C12H17BrO. The summed E-state index contributed by atoms with van der Waals surface area (Å²) in [6, 6.07) is 4.15. The minimum absolute atomic E-state index is 0.287. The summed E-state index contributed by atoms with van der Waals surface area (Å²) in [5, 5.41) is 0. The van der Waals surface area contributed by atoms with E-state index in [1.807, 2.05) is 0 Å². The van der Waals surface area contributed by atoms with E-state index in [0.717, 1.165) is 12.2 Å². The molecule has 0 amide bonds. The number of halogens is 1. The molecule has 1 rings (SSSR count). The molecule has 0 radical (unpaired) electrons. The van der Waals surface area contributed by atoms with E-state index < -0.39 is 0 Å². The van der Waals surface area contributed by atoms with Gasteiger partial charge in [0.2, 0.25) is 0 Å². The normalized spacial score (nSPS) is 12.6. The average Bonchev–Trinajstić information content (AvgIpc) is 2.14. The van der Waals surface area contributed by atoms with Gasteiger partial charge in [0.15, 0.2) is 0 Å². The standard InChI is InChI=1S/C12H17BrO/c1-5-10(4)14-11-6-8(2)12(13)9(3)7-11/h6-7,10H,5H2,1-4H3. The summed E-state index contributed by atoms with van der Waals surface area (Å²) in [6.07, 6.45) is 1.32. The van der Waals surface area contributed by atoms with E-state index in [9.17, 15) is 0 Å². The fourth-order valence-corrected chi connectivity index (χ4v) is 1.52. The van der Waals surface area contributed by atoms with Gasteiger partial charge in [0.25, 0.3) is 0 Å². The van der Waals surface area contributed by atoms with Gasteiger partial charge in [0.1, 0.15) is 5.75 Å². The Kier molecular flexibility index (Phi) is 3.99. The van der Waals surface area contributed by atoms with E-state index in [1.165, 1.54) is 15.6 Å². The van der Waals surface area contributed by atoms with Crippen LogP contribution in [0.15, 0.2) is 16.6 Å². The quantitative estimate of drug-likeness (QED) is 0.786. The van der Waals surface area contributed by atoms with Crippen LogP contribution in [0.25, 0.3) is 0 Å². The van der Waals surface area contributed by atoms with Gasteiger partial charge in [-0.1, -0.05) is 22.9 Å². The molecule has 0 saturated heterocycles. The Morgan fingerprint density at radius 1 is 1.29 bits per heavy atom. The Labute approximate surface area is 94.6 Å². The molecule has 0 aromatic heterocycles. The maximum Gasteiger partial charge on any atom is 0.120 e. The van der Waals surface area contributed by atoms with Gasteiger partial charge in [-0.3, -0.25) is 0 Å². The predicted octanol–water partition coefficient (Wildman–Crippen LogP) is 4.24. The van der Waals surface area contributed by atoms with Crippen molar-refractivity contribution in [1.29, 1.82) is 0 Å². The topological polar surface area (TPSA) is 9.23 Å². The fraction of sp³-hybridized carbons (Fsp3) is 0.500. The average molecular weight is 257 g/mol. The highest BCUT2D eigenvalue weighted by atomic mass is 79.9. The molecule has 0 spiro atoms. The van der Waals surface area contributed by atoms with Crippen LogP contribution >= 0.6 is 15.9 Å². The van der Waals surface area contributed by atoms with Crippen molar-refractivity contribution in [3.05, 3.63) is 27.7 Å². The molecule has 0 aliphatic carbocycles. The number of benzene rings is 1. The van der Waals surface area contributed by atoms with Crippen molar-refractivity contribution in [2.45, 2.75) is 40.2 Å². The molecule has 0 N–H and O–H groups in total. The fourth-order valence-electron chi connectivity index (χ4n) is 1.29. The van der Waals surface area contributed by atoms with Crippen molar-refractivity contribution in [3.8, 4) is 5.75 Å². The lowest BCUT2D eigenvalue weighted by Gasteiger charge is -2.14. The molecule has 1 atom stereocenters. The lowest BCUT2D eigenvalue weighted by atomic mass is 10.1. The van der Waals surface area contributed by atoms with Crippen molar-refractivity contribution in [3.63, 3.8) is 0 Å². The SMILES string of the molecule is CCC(C)Oc1cc(C)c(Br)c(C)c1. The molecule has 1 aromatic carbocycles. The number of rotatable bonds is 3. The Morgan fingerprint density at radius 3 is 2.21 bits per heavy atom. The van der Waals surface area contributed by atoms with Crippen LogP contribution in [0.2, 0.25) is 0 Å². The van der Waals surface area contributed by atoms with Crippen LogP contribution in [0.5, 0.6) is 5.75 Å². The Hall–Kier alpha value is -0.500. The van der Waals surface area contributed by atoms with Gasteiger partial charge in [-0.15, -0.1) is 0 Å². The Balaban J connectivity index is 2.89. The zero-order chi connectivity index (χ0) is 10.7. The van der Waals surface area contributed by atoms with Crippen LogP contribution < -0.4 is 4.74 Å². The minimum Gasteiger partial charge on any atom is -0.491 e. The van der Waals surface area contributed by atoms with Crippen LogP contribution in [0.4, 0.5) is 0 Å². The predicted molar refractivity (Wildman–Crippen MR) is 64.0 cm³/mol. The van der Waals surface area contributed by atoms with Gasteiger partial charge < -0.3 is 4.74 Å². The van der Waals surface area contributed by atoms with Crippen molar-refractivity contribution >= 4 is 15.9 Å². The third kappa shape index (κ3) is 2.74. The first-order chi connectivity index (χ1) is 6.54. The van der Waals surface area contributed by atoms with Crippen molar-refractivity contribution in [2.75, 3.05) is 0 Å². The van der Waals surface area contributed by atoms with Gasteiger partial charge in [-0.25, -0.2) is 0 Å². The lowest BCUT2D eigenvalue weighted by Crippen LogP contribution is -2.09. The first-order valence-corrected chi connectivity index (χ1v) is 5.77. The van der Waals surface area contributed by atoms with Crippen molar-refractivity contribution in [1.82, 2.24) is 0 Å². The monoisotopic (exact) mass is 256 g/mol. The third-order valence-corrected chi connectivity index (χ3v) is 3.57.